The minimum absolute atomic E-state index is 0.00493. The molecular formula is C14H9F3O3. The molecule has 0 amide bonds. The summed E-state index contributed by atoms with van der Waals surface area (Å²) >= 11 is 0. The highest BCUT2D eigenvalue weighted by molar-refractivity contribution is 6.12. The second kappa shape index (κ2) is 5.32. The topological polar surface area (TPSA) is 47.3 Å². The highest BCUT2D eigenvalue weighted by Gasteiger charge is 2.31. The third kappa shape index (κ3) is 3.14. The van der Waals surface area contributed by atoms with Crippen molar-refractivity contribution in [1.29, 1.82) is 0 Å². The van der Waals surface area contributed by atoms with Crippen LogP contribution in [0, 0.1) is 0 Å². The van der Waals surface area contributed by atoms with Crippen LogP contribution >= 0.6 is 0 Å². The first-order valence-corrected chi connectivity index (χ1v) is 5.65. The second-order valence-corrected chi connectivity index (χ2v) is 4.08. The van der Waals surface area contributed by atoms with Gasteiger partial charge in [0, 0.05) is 5.56 Å². The fraction of sp³-hybridized carbons (Fsp3) is 0.143. The van der Waals surface area contributed by atoms with Gasteiger partial charge in [-0.05, 0) is 24.3 Å². The van der Waals surface area contributed by atoms with Gasteiger partial charge in [-0.2, -0.15) is 13.2 Å². The van der Waals surface area contributed by atoms with Gasteiger partial charge in [-0.3, -0.25) is 9.59 Å². The normalized spacial score (nSPS) is 11.3. The Bertz CT molecular complexity index is 627. The molecule has 2 aromatic rings. The number of hydrogen-bond acceptors (Lipinski definition) is 3. The van der Waals surface area contributed by atoms with E-state index >= 15 is 0 Å². The largest absolute Gasteiger partial charge is 0.461 e. The van der Waals surface area contributed by atoms with Crippen molar-refractivity contribution >= 4 is 11.6 Å². The lowest BCUT2D eigenvalue weighted by atomic mass is 10.0. The number of carbonyl (C=O) groups excluding carboxylic acids is 2. The van der Waals surface area contributed by atoms with Crippen molar-refractivity contribution < 1.29 is 27.2 Å². The highest BCUT2D eigenvalue weighted by Crippen LogP contribution is 2.29. The lowest BCUT2D eigenvalue weighted by molar-refractivity contribution is -0.137. The molecule has 3 nitrogen and oxygen atoms in total. The fourth-order valence-electron chi connectivity index (χ4n) is 1.64. The third-order valence-corrected chi connectivity index (χ3v) is 2.63. The van der Waals surface area contributed by atoms with E-state index in [1.54, 1.807) is 0 Å². The van der Waals surface area contributed by atoms with Crippen molar-refractivity contribution in [3.05, 3.63) is 59.5 Å². The van der Waals surface area contributed by atoms with Gasteiger partial charge in [0.25, 0.3) is 0 Å². The number of ketones is 2. The van der Waals surface area contributed by atoms with Crippen LogP contribution in [0.4, 0.5) is 13.2 Å². The van der Waals surface area contributed by atoms with Gasteiger partial charge in [0.1, 0.15) is 0 Å². The van der Waals surface area contributed by atoms with E-state index in [0.29, 0.717) is 0 Å². The zero-order chi connectivity index (χ0) is 14.8. The quantitative estimate of drug-likeness (QED) is 0.633. The Morgan fingerprint density at radius 3 is 2.40 bits per heavy atom. The van der Waals surface area contributed by atoms with Gasteiger partial charge in [0.15, 0.2) is 11.5 Å². The number of halogens is 3. The molecule has 0 aliphatic heterocycles. The first-order valence-electron chi connectivity index (χ1n) is 5.65. The lowest BCUT2D eigenvalue weighted by Crippen LogP contribution is -2.10. The van der Waals surface area contributed by atoms with Crippen molar-refractivity contribution in [3.8, 4) is 0 Å². The maximum atomic E-state index is 12.5. The Labute approximate surface area is 112 Å². The van der Waals surface area contributed by atoms with E-state index in [2.05, 4.69) is 0 Å². The first-order chi connectivity index (χ1) is 9.38. The number of hydrogen-bond donors (Lipinski definition) is 0. The van der Waals surface area contributed by atoms with E-state index in [4.69, 9.17) is 4.42 Å². The summed E-state index contributed by atoms with van der Waals surface area (Å²) < 4.78 is 42.4. The van der Waals surface area contributed by atoms with Gasteiger partial charge >= 0.3 is 6.18 Å². The van der Waals surface area contributed by atoms with Gasteiger partial charge in [0.2, 0.25) is 5.78 Å². The van der Waals surface area contributed by atoms with Crippen molar-refractivity contribution in [2.45, 2.75) is 12.6 Å². The summed E-state index contributed by atoms with van der Waals surface area (Å²) in [7, 11) is 0. The number of Topliss-reactive ketones (excluding diaryl/α,β-unsaturated/α-hetero) is 2. The Morgan fingerprint density at radius 2 is 1.80 bits per heavy atom. The average Bonchev–Trinajstić information content (AvgIpc) is 2.91. The van der Waals surface area contributed by atoms with Gasteiger partial charge in [0.05, 0.1) is 18.2 Å². The summed E-state index contributed by atoms with van der Waals surface area (Å²) in [6, 6.07) is 6.85. The highest BCUT2D eigenvalue weighted by atomic mass is 19.4. The zero-order valence-electron chi connectivity index (χ0n) is 10.1. The smallest absolute Gasteiger partial charge is 0.416 e. The molecule has 0 saturated carbocycles. The number of rotatable bonds is 4. The number of furan rings is 1. The summed E-state index contributed by atoms with van der Waals surface area (Å²) in [5, 5.41) is 0. The van der Waals surface area contributed by atoms with Crippen LogP contribution in [0.3, 0.4) is 0 Å². The molecule has 1 aromatic carbocycles. The minimum atomic E-state index is -4.53. The van der Waals surface area contributed by atoms with Crippen LogP contribution in [-0.4, -0.2) is 11.6 Å². The van der Waals surface area contributed by atoms with Crippen LogP contribution in [0.2, 0.25) is 0 Å². The van der Waals surface area contributed by atoms with Crippen LogP contribution in [0.1, 0.15) is 32.9 Å². The van der Waals surface area contributed by atoms with Gasteiger partial charge in [-0.15, -0.1) is 0 Å². The maximum Gasteiger partial charge on any atom is 0.416 e. The van der Waals surface area contributed by atoms with E-state index < -0.39 is 29.7 Å². The van der Waals surface area contributed by atoms with Gasteiger partial charge in [-0.25, -0.2) is 0 Å². The van der Waals surface area contributed by atoms with Crippen LogP contribution in [0.15, 0.2) is 47.1 Å². The van der Waals surface area contributed by atoms with E-state index in [0.717, 1.165) is 18.2 Å². The molecule has 1 aromatic heterocycles. The summed E-state index contributed by atoms with van der Waals surface area (Å²) in [6.07, 6.45) is -3.78. The molecule has 0 fully saturated rings. The number of benzene rings is 1. The molecule has 0 radical (unpaired) electrons. The summed E-state index contributed by atoms with van der Waals surface area (Å²) in [5.41, 5.74) is -1.08. The molecule has 0 unspecified atom stereocenters. The fourth-order valence-corrected chi connectivity index (χ4v) is 1.64. The standard InChI is InChI=1S/C14H9F3O3/c15-14(16,17)10-4-1-3-9(7-10)11(18)8-12(19)13-5-2-6-20-13/h1-7H,8H2. The molecule has 0 spiro atoms. The molecule has 0 saturated heterocycles. The van der Waals surface area contributed by atoms with E-state index in [-0.39, 0.29) is 11.3 Å². The molecule has 20 heavy (non-hydrogen) atoms. The first kappa shape index (κ1) is 14.0. The number of alkyl halides is 3. The Balaban J connectivity index is 2.16. The molecule has 0 aliphatic carbocycles. The summed E-state index contributed by atoms with van der Waals surface area (Å²) in [6.45, 7) is 0. The lowest BCUT2D eigenvalue weighted by Gasteiger charge is -2.07. The van der Waals surface area contributed by atoms with Crippen molar-refractivity contribution in [1.82, 2.24) is 0 Å². The zero-order valence-corrected chi connectivity index (χ0v) is 10.1. The molecule has 1 heterocycles. The molecule has 6 heteroatoms. The second-order valence-electron chi connectivity index (χ2n) is 4.08. The predicted octanol–water partition coefficient (Wildman–Crippen LogP) is 3.75. The molecule has 0 bridgehead atoms. The predicted molar refractivity (Wildman–Crippen MR) is 63.4 cm³/mol. The molecule has 2 rings (SSSR count). The molecule has 0 aliphatic rings. The van der Waals surface area contributed by atoms with E-state index in [9.17, 15) is 22.8 Å². The molecule has 0 atom stereocenters. The van der Waals surface area contributed by atoms with E-state index in [1.165, 1.54) is 24.5 Å². The maximum absolute atomic E-state index is 12.5. The van der Waals surface area contributed by atoms with Crippen LogP contribution in [-0.2, 0) is 6.18 Å². The Kier molecular flexibility index (Phi) is 3.74. The average molecular weight is 282 g/mol. The SMILES string of the molecule is O=C(CC(=O)c1ccco1)c1cccc(C(F)(F)F)c1. The van der Waals surface area contributed by atoms with Gasteiger partial charge in [-0.1, -0.05) is 12.1 Å². The van der Waals surface area contributed by atoms with Crippen molar-refractivity contribution in [2.24, 2.45) is 0 Å². The third-order valence-electron chi connectivity index (χ3n) is 2.63. The molecular weight excluding hydrogens is 273 g/mol. The van der Waals surface area contributed by atoms with Crippen LogP contribution in [0.25, 0.3) is 0 Å². The monoisotopic (exact) mass is 282 g/mol. The Hall–Kier alpha value is -2.37. The summed E-state index contributed by atoms with van der Waals surface area (Å²) in [4.78, 5) is 23.4. The Morgan fingerprint density at radius 1 is 1.05 bits per heavy atom. The van der Waals surface area contributed by atoms with Gasteiger partial charge < -0.3 is 4.42 Å². The van der Waals surface area contributed by atoms with Crippen molar-refractivity contribution in [3.63, 3.8) is 0 Å². The van der Waals surface area contributed by atoms with Crippen LogP contribution in [0.5, 0.6) is 0 Å². The minimum Gasteiger partial charge on any atom is -0.461 e. The molecule has 104 valence electrons. The van der Waals surface area contributed by atoms with Crippen LogP contribution < -0.4 is 0 Å². The van der Waals surface area contributed by atoms with Crippen molar-refractivity contribution in [2.75, 3.05) is 0 Å². The van der Waals surface area contributed by atoms with E-state index in [1.807, 2.05) is 0 Å². The summed E-state index contributed by atoms with van der Waals surface area (Å²) in [5.74, 6) is -1.25. The number of carbonyl (C=O) groups is 2. The molecule has 0 N–H and O–H groups in total.